The van der Waals surface area contributed by atoms with Crippen LogP contribution in [0.5, 0.6) is 5.75 Å². The summed E-state index contributed by atoms with van der Waals surface area (Å²) in [7, 11) is 1.49. The third-order valence-electron chi connectivity index (χ3n) is 6.64. The van der Waals surface area contributed by atoms with Gasteiger partial charge in [0.1, 0.15) is 11.6 Å². The van der Waals surface area contributed by atoms with Crippen LogP contribution in [-0.2, 0) is 6.54 Å². The molecule has 0 aliphatic carbocycles. The van der Waals surface area contributed by atoms with Crippen LogP contribution in [0, 0.1) is 19.7 Å². The minimum Gasteiger partial charge on any atom is -0.497 e. The largest absolute Gasteiger partial charge is 0.497 e. The van der Waals surface area contributed by atoms with E-state index in [-0.39, 0.29) is 23.2 Å². The van der Waals surface area contributed by atoms with Crippen molar-refractivity contribution in [1.29, 1.82) is 0 Å². The van der Waals surface area contributed by atoms with Crippen molar-refractivity contribution in [1.82, 2.24) is 9.47 Å². The van der Waals surface area contributed by atoms with Gasteiger partial charge in [0.2, 0.25) is 0 Å². The van der Waals surface area contributed by atoms with E-state index in [1.54, 1.807) is 36.4 Å². The number of amides is 2. The predicted octanol–water partition coefficient (Wildman–Crippen LogP) is 5.92. The van der Waals surface area contributed by atoms with E-state index in [9.17, 15) is 18.8 Å². The summed E-state index contributed by atoms with van der Waals surface area (Å²) >= 11 is 6.25. The van der Waals surface area contributed by atoms with E-state index in [1.165, 1.54) is 36.3 Å². The Bertz CT molecular complexity index is 1610. The van der Waals surface area contributed by atoms with Crippen LogP contribution < -0.4 is 4.74 Å². The highest BCUT2D eigenvalue weighted by Crippen LogP contribution is 2.32. The lowest BCUT2D eigenvalue weighted by molar-refractivity contribution is 0.0639. The van der Waals surface area contributed by atoms with Crippen molar-refractivity contribution in [2.75, 3.05) is 7.11 Å². The van der Waals surface area contributed by atoms with E-state index in [2.05, 4.69) is 0 Å². The summed E-state index contributed by atoms with van der Waals surface area (Å²) in [5.41, 5.74) is 3.48. The van der Waals surface area contributed by atoms with Crippen molar-refractivity contribution in [3.63, 3.8) is 0 Å². The van der Waals surface area contributed by atoms with Gasteiger partial charge in [-0.1, -0.05) is 23.7 Å². The second kappa shape index (κ2) is 9.33. The van der Waals surface area contributed by atoms with Crippen LogP contribution in [0.15, 0.2) is 66.7 Å². The molecule has 0 spiro atoms. The smallest absolute Gasteiger partial charge is 0.262 e. The molecule has 0 radical (unpaired) electrons. The molecule has 2 amide bonds. The number of benzene rings is 3. The van der Waals surface area contributed by atoms with Gasteiger partial charge in [0, 0.05) is 22.0 Å². The number of hydrogen-bond donors (Lipinski definition) is 0. The van der Waals surface area contributed by atoms with Crippen molar-refractivity contribution in [3.8, 4) is 11.4 Å². The Labute approximate surface area is 217 Å². The second-order valence-electron chi connectivity index (χ2n) is 8.82. The molecule has 1 aromatic heterocycles. The summed E-state index contributed by atoms with van der Waals surface area (Å²) < 4.78 is 21.5. The summed E-state index contributed by atoms with van der Waals surface area (Å²) in [6.45, 7) is 3.74. The maximum Gasteiger partial charge on any atom is 0.262 e. The van der Waals surface area contributed by atoms with Crippen molar-refractivity contribution >= 4 is 29.2 Å². The van der Waals surface area contributed by atoms with Gasteiger partial charge in [-0.15, -0.1) is 0 Å². The van der Waals surface area contributed by atoms with E-state index < -0.39 is 23.4 Å². The number of ketones is 1. The number of fused-ring (bicyclic) bond motifs is 1. The maximum absolute atomic E-state index is 14.5. The Morgan fingerprint density at radius 3 is 2.38 bits per heavy atom. The summed E-state index contributed by atoms with van der Waals surface area (Å²) in [5.74, 6) is -1.53. The van der Waals surface area contributed by atoms with E-state index in [4.69, 9.17) is 16.3 Å². The lowest BCUT2D eigenvalue weighted by atomic mass is 10.0. The Morgan fingerprint density at radius 1 is 0.919 bits per heavy atom. The van der Waals surface area contributed by atoms with Crippen LogP contribution in [0.3, 0.4) is 0 Å². The van der Waals surface area contributed by atoms with Crippen molar-refractivity contribution < 1.29 is 23.5 Å². The molecular weight excluding hydrogens is 495 g/mol. The highest BCUT2D eigenvalue weighted by atomic mass is 35.5. The number of hydrogen-bond acceptors (Lipinski definition) is 4. The number of rotatable bonds is 6. The summed E-state index contributed by atoms with van der Waals surface area (Å²) in [4.78, 5) is 41.0. The molecule has 3 aromatic carbocycles. The molecule has 4 aromatic rings. The molecule has 1 aliphatic rings. The molecule has 37 heavy (non-hydrogen) atoms. The van der Waals surface area contributed by atoms with Gasteiger partial charge >= 0.3 is 0 Å². The van der Waals surface area contributed by atoms with Gasteiger partial charge in [-0.2, -0.15) is 0 Å². The molecule has 0 saturated heterocycles. The van der Waals surface area contributed by atoms with Gasteiger partial charge in [0.25, 0.3) is 11.8 Å². The molecule has 0 N–H and O–H groups in total. The fraction of sp³-hybridized carbons (Fsp3) is 0.138. The third-order valence-corrected chi connectivity index (χ3v) is 6.87. The Morgan fingerprint density at radius 2 is 1.65 bits per heavy atom. The minimum atomic E-state index is -0.638. The number of aryl methyl sites for hydroxylation is 1. The van der Waals surface area contributed by atoms with Crippen molar-refractivity contribution in [3.05, 3.63) is 117 Å². The van der Waals surface area contributed by atoms with E-state index in [1.807, 2.05) is 24.5 Å². The zero-order valence-corrected chi connectivity index (χ0v) is 21.1. The normalized spacial score (nSPS) is 12.7. The number of ether oxygens (including phenoxy) is 1. The predicted molar refractivity (Wildman–Crippen MR) is 137 cm³/mol. The first-order chi connectivity index (χ1) is 17.7. The van der Waals surface area contributed by atoms with Crippen LogP contribution in [0.1, 0.15) is 53.6 Å². The second-order valence-corrected chi connectivity index (χ2v) is 9.25. The van der Waals surface area contributed by atoms with Crippen LogP contribution in [0.2, 0.25) is 5.02 Å². The molecule has 0 fully saturated rings. The van der Waals surface area contributed by atoms with Crippen LogP contribution >= 0.6 is 11.6 Å². The van der Waals surface area contributed by atoms with Crippen molar-refractivity contribution in [2.24, 2.45) is 0 Å². The fourth-order valence-electron chi connectivity index (χ4n) is 4.64. The third kappa shape index (κ3) is 4.11. The number of nitrogens with zero attached hydrogens (tertiary/aromatic N) is 2. The lowest BCUT2D eigenvalue weighted by Gasteiger charge is -2.19. The first kappa shape index (κ1) is 24.5. The van der Waals surface area contributed by atoms with Gasteiger partial charge in [-0.3, -0.25) is 19.3 Å². The van der Waals surface area contributed by atoms with E-state index >= 15 is 0 Å². The molecule has 0 saturated carbocycles. The number of imide groups is 1. The van der Waals surface area contributed by atoms with Crippen LogP contribution in [0.4, 0.5) is 4.39 Å². The molecule has 0 unspecified atom stereocenters. The van der Waals surface area contributed by atoms with Gasteiger partial charge in [-0.05, 0) is 74.0 Å². The molecule has 0 atom stereocenters. The van der Waals surface area contributed by atoms with Crippen LogP contribution in [0.25, 0.3) is 5.69 Å². The molecule has 0 bridgehead atoms. The topological polar surface area (TPSA) is 68.6 Å². The highest BCUT2D eigenvalue weighted by molar-refractivity contribution is 6.31. The number of methoxy groups -OCH3 is 1. The Kier molecular flexibility index (Phi) is 6.17. The minimum absolute atomic E-state index is 0.0285. The quantitative estimate of drug-likeness (QED) is 0.235. The average molecular weight is 517 g/mol. The molecule has 186 valence electrons. The van der Waals surface area contributed by atoms with E-state index in [0.29, 0.717) is 27.7 Å². The number of carbonyl (C=O) groups excluding carboxylic acids is 3. The van der Waals surface area contributed by atoms with Crippen LogP contribution in [-0.4, -0.2) is 34.2 Å². The zero-order chi connectivity index (χ0) is 26.4. The monoisotopic (exact) mass is 516 g/mol. The van der Waals surface area contributed by atoms with Gasteiger partial charge in [-0.25, -0.2) is 4.39 Å². The molecular formula is C29H22ClFN2O4. The van der Waals surface area contributed by atoms with Gasteiger partial charge in [0.15, 0.2) is 5.78 Å². The SMILES string of the molecule is COc1ccc2c(c1)C(=O)N(Cc1cc(C)c(C)n1-c1ccc(Cl)cc1C(=O)c1ccccc1F)C2=O. The molecule has 2 heterocycles. The molecule has 8 heteroatoms. The highest BCUT2D eigenvalue weighted by Gasteiger charge is 2.36. The Hall–Kier alpha value is -4.23. The summed E-state index contributed by atoms with van der Waals surface area (Å²) in [6.07, 6.45) is 0. The van der Waals surface area contributed by atoms with Crippen molar-refractivity contribution in [2.45, 2.75) is 20.4 Å². The van der Waals surface area contributed by atoms with Gasteiger partial charge < -0.3 is 9.30 Å². The molecule has 5 rings (SSSR count). The summed E-state index contributed by atoms with van der Waals surface area (Å²) in [5, 5.41) is 0.320. The zero-order valence-electron chi connectivity index (χ0n) is 20.3. The standard InChI is InChI=1S/C29H22ClFN2O4/c1-16-12-19(15-32-28(35)21-10-9-20(37-3)14-23(21)29(32)36)33(17(16)2)26-11-8-18(30)13-24(26)27(34)22-6-4-5-7-25(22)31/h4-14H,15H2,1-3H3. The number of aromatic nitrogens is 1. The number of halogens is 2. The molecule has 6 nitrogen and oxygen atoms in total. The lowest BCUT2D eigenvalue weighted by Crippen LogP contribution is -2.30. The molecule has 1 aliphatic heterocycles. The first-order valence-electron chi connectivity index (χ1n) is 11.5. The van der Waals surface area contributed by atoms with E-state index in [0.717, 1.165) is 11.3 Å². The Balaban J connectivity index is 1.60. The number of carbonyl (C=O) groups is 3. The maximum atomic E-state index is 14.5. The average Bonchev–Trinajstić information content (AvgIpc) is 3.30. The fourth-order valence-corrected chi connectivity index (χ4v) is 4.81. The summed E-state index contributed by atoms with van der Waals surface area (Å²) in [6, 6.07) is 17.2. The van der Waals surface area contributed by atoms with Gasteiger partial charge in [0.05, 0.1) is 36.0 Å². The first-order valence-corrected chi connectivity index (χ1v) is 11.9.